The molecule has 24 heteroatoms. The van der Waals surface area contributed by atoms with Crippen LogP contribution in [0.2, 0.25) is 0 Å². The van der Waals surface area contributed by atoms with Gasteiger partial charge in [0.05, 0.1) is 42.9 Å². The highest BCUT2D eigenvalue weighted by Gasteiger charge is 2.69. The maximum Gasteiger partial charge on any atom is 0.333 e. The summed E-state index contributed by atoms with van der Waals surface area (Å²) in [5, 5.41) is 0. The molecule has 4 heterocycles. The summed E-state index contributed by atoms with van der Waals surface area (Å²) in [6.07, 6.45) is 2.41. The van der Waals surface area contributed by atoms with Crippen molar-refractivity contribution < 1.29 is 114 Å². The van der Waals surface area contributed by atoms with Gasteiger partial charge in [0, 0.05) is 70.4 Å². The van der Waals surface area contributed by atoms with Crippen LogP contribution < -0.4 is 0 Å². The lowest BCUT2D eigenvalue weighted by molar-refractivity contribution is -0.324. The molecule has 8 rings (SSSR count). The molecule has 8 aliphatic rings. The molecule has 24 nitrogen and oxygen atoms in total. The Balaban J connectivity index is 0.926. The maximum absolute atomic E-state index is 14.3. The summed E-state index contributed by atoms with van der Waals surface area (Å²) in [4.78, 5) is 129. The lowest BCUT2D eigenvalue weighted by Crippen LogP contribution is -2.63. The smallest absolute Gasteiger partial charge is 0.333 e. The Hall–Kier alpha value is -6.44. The van der Waals surface area contributed by atoms with Crippen LogP contribution in [0.5, 0.6) is 0 Å². The normalized spacial score (nSPS) is 36.3. The second kappa shape index (κ2) is 33.6. The van der Waals surface area contributed by atoms with Crippen molar-refractivity contribution in [2.45, 2.75) is 304 Å². The number of rotatable bonds is 29. The van der Waals surface area contributed by atoms with Crippen molar-refractivity contribution in [2.24, 2.45) is 46.3 Å². The van der Waals surface area contributed by atoms with E-state index in [9.17, 15) is 47.9 Å². The minimum atomic E-state index is -1.64. The van der Waals surface area contributed by atoms with E-state index >= 15 is 0 Å². The van der Waals surface area contributed by atoms with E-state index < -0.39 is 133 Å². The molecule has 1 spiro atoms. The fraction of sp³-hybridized carbons (Fsp3) is 0.740. The second-order valence-electron chi connectivity index (χ2n) is 30.6. The van der Waals surface area contributed by atoms with Crippen LogP contribution >= 0.6 is 0 Å². The van der Waals surface area contributed by atoms with Crippen LogP contribution in [0.15, 0.2) is 60.3 Å². The molecule has 4 saturated heterocycles. The monoisotopic (exact) mass is 1420 g/mol. The van der Waals surface area contributed by atoms with Gasteiger partial charge in [-0.3, -0.25) is 28.8 Å². The van der Waals surface area contributed by atoms with Crippen LogP contribution in [-0.4, -0.2) is 163 Å². The number of ether oxygens (including phenoxy) is 14. The van der Waals surface area contributed by atoms with Crippen LogP contribution in [0.4, 0.5) is 0 Å². The molecule has 562 valence electrons. The molecule has 7 fully saturated rings. The number of carbonyl (C=O) groups excluding carboxylic acids is 10. The van der Waals surface area contributed by atoms with Crippen LogP contribution in [0.1, 0.15) is 213 Å². The largest absolute Gasteiger partial charge is 0.463 e. The highest BCUT2D eigenvalue weighted by atomic mass is 16.8. The van der Waals surface area contributed by atoms with Crippen molar-refractivity contribution in [3.8, 4) is 0 Å². The molecular formula is C77H110O24. The number of allylic oxidation sites excluding steroid dienone is 3. The van der Waals surface area contributed by atoms with Crippen LogP contribution in [0.3, 0.4) is 0 Å². The van der Waals surface area contributed by atoms with Crippen LogP contribution in [0.25, 0.3) is 0 Å². The third kappa shape index (κ3) is 19.1. The van der Waals surface area contributed by atoms with E-state index in [0.29, 0.717) is 47.5 Å². The number of Topliss-reactive ketones (excluding diaryl/α,β-unsaturated/α-hetero) is 2. The summed E-state index contributed by atoms with van der Waals surface area (Å²) in [6, 6.07) is 0. The van der Waals surface area contributed by atoms with Gasteiger partial charge in [-0.15, -0.1) is 13.2 Å². The van der Waals surface area contributed by atoms with E-state index in [2.05, 4.69) is 46.9 Å². The van der Waals surface area contributed by atoms with E-state index in [1.54, 1.807) is 26.8 Å². The lowest BCUT2D eigenvalue weighted by atomic mass is 9.47. The molecule has 0 amide bonds. The predicted octanol–water partition coefficient (Wildman–Crippen LogP) is 10.9. The Morgan fingerprint density at radius 2 is 1.13 bits per heavy atom. The van der Waals surface area contributed by atoms with Gasteiger partial charge in [0.15, 0.2) is 55.0 Å². The lowest BCUT2D eigenvalue weighted by Gasteiger charge is -2.58. The highest BCUT2D eigenvalue weighted by Crippen LogP contribution is 2.71. The maximum atomic E-state index is 14.3. The zero-order valence-corrected chi connectivity index (χ0v) is 61.9. The summed E-state index contributed by atoms with van der Waals surface area (Å²) in [6.45, 7) is 33.0. The Morgan fingerprint density at radius 1 is 0.594 bits per heavy atom. The van der Waals surface area contributed by atoms with Gasteiger partial charge in [-0.1, -0.05) is 63.6 Å². The minimum absolute atomic E-state index is 0.0295. The fourth-order valence-corrected chi connectivity index (χ4v) is 17.2. The molecule has 3 saturated carbocycles. The topological polar surface area (TPSA) is 300 Å². The first kappa shape index (κ1) is 80.2. The molecule has 0 bridgehead atoms. The van der Waals surface area contributed by atoms with Gasteiger partial charge >= 0.3 is 47.8 Å². The number of esters is 8. The molecular weight excluding hydrogens is 1310 g/mol. The number of ketones is 2. The van der Waals surface area contributed by atoms with Gasteiger partial charge in [-0.2, -0.15) is 0 Å². The first-order chi connectivity index (χ1) is 47.5. The average molecular weight is 1420 g/mol. The molecule has 0 aromatic carbocycles. The number of hydrogen-bond donors (Lipinski definition) is 0. The van der Waals surface area contributed by atoms with Crippen molar-refractivity contribution in [1.29, 1.82) is 0 Å². The third-order valence-electron chi connectivity index (χ3n) is 22.9. The van der Waals surface area contributed by atoms with Gasteiger partial charge in [-0.25, -0.2) is 9.59 Å². The Morgan fingerprint density at radius 3 is 1.67 bits per heavy atom. The van der Waals surface area contributed by atoms with Crippen LogP contribution in [-0.2, 0) is 114 Å². The van der Waals surface area contributed by atoms with Gasteiger partial charge < -0.3 is 75.9 Å². The summed E-state index contributed by atoms with van der Waals surface area (Å²) >= 11 is 0. The first-order valence-electron chi connectivity index (χ1n) is 36.2. The van der Waals surface area contributed by atoms with E-state index in [1.807, 2.05) is 0 Å². The van der Waals surface area contributed by atoms with E-state index in [0.717, 1.165) is 72.8 Å². The van der Waals surface area contributed by atoms with Gasteiger partial charge in [0.25, 0.3) is 0 Å². The summed E-state index contributed by atoms with van der Waals surface area (Å²) in [5.41, 5.74) is -0.570. The quantitative estimate of drug-likeness (QED) is 0.0291. The molecule has 23 atom stereocenters. The third-order valence-corrected chi connectivity index (χ3v) is 22.9. The van der Waals surface area contributed by atoms with Crippen LogP contribution in [0, 0.1) is 46.3 Å². The molecule has 0 aromatic rings. The van der Waals surface area contributed by atoms with Gasteiger partial charge in [0.2, 0.25) is 0 Å². The summed E-state index contributed by atoms with van der Waals surface area (Å²) < 4.78 is 85.6. The SMILES string of the molecule is C=C[C@@](C)(CC/C=C(\C)C(=O)O[C@H]1CC[C@@]2(C)C(=CC[C@H]3[C@@H]4C[C@@H]5O[C@]6(CCC(C)CO6)[C@@H](C)[C@@H]5[C@@]4(C)CC[C@@H]32)C1)O[C@@H]1O[C@H](C)[C@@H](OC(=O)/C(C)=C/CC[C@](C)(C=C)O[C@@H]2O[C@H](COC(C)=O)[C@@H](OC(C)=O)[C@H](OC(C)=O)[C@H]2OC(C)=O)[C@H](OC(=O)CCC(C)=O)[C@H]1OC(=O)CCC(C)=O. The number of hydrogen-bond acceptors (Lipinski definition) is 24. The predicted molar refractivity (Wildman–Crippen MR) is 363 cm³/mol. The van der Waals surface area contributed by atoms with Crippen molar-refractivity contribution in [1.82, 2.24) is 0 Å². The van der Waals surface area contributed by atoms with Gasteiger partial charge in [0.1, 0.15) is 30.4 Å². The molecule has 0 aromatic heterocycles. The Bertz CT molecular complexity index is 3190. The van der Waals surface area contributed by atoms with Crippen molar-refractivity contribution in [3.05, 3.63) is 60.3 Å². The minimum Gasteiger partial charge on any atom is -0.463 e. The van der Waals surface area contributed by atoms with Gasteiger partial charge in [-0.05, 0) is 160 Å². The zero-order valence-electron chi connectivity index (χ0n) is 61.9. The first-order valence-corrected chi connectivity index (χ1v) is 36.2. The molecule has 4 aliphatic carbocycles. The zero-order chi connectivity index (χ0) is 74.3. The van der Waals surface area contributed by atoms with E-state index in [-0.39, 0.29) is 91.5 Å². The van der Waals surface area contributed by atoms with E-state index in [4.69, 9.17) is 66.3 Å². The van der Waals surface area contributed by atoms with E-state index in [1.165, 1.54) is 64.3 Å². The summed E-state index contributed by atoms with van der Waals surface area (Å²) in [7, 11) is 0. The molecule has 0 N–H and O–H groups in total. The summed E-state index contributed by atoms with van der Waals surface area (Å²) in [5.74, 6) is -4.24. The fourth-order valence-electron chi connectivity index (χ4n) is 17.2. The van der Waals surface area contributed by atoms with Crippen molar-refractivity contribution in [3.63, 3.8) is 0 Å². The molecule has 101 heavy (non-hydrogen) atoms. The number of fused-ring (bicyclic) bond motifs is 7. The Labute approximate surface area is 594 Å². The Kier molecular flexibility index (Phi) is 26.7. The second-order valence-corrected chi connectivity index (χ2v) is 30.6. The molecule has 1 unspecified atom stereocenters. The number of carbonyl (C=O) groups is 10. The highest BCUT2D eigenvalue weighted by molar-refractivity contribution is 5.88. The molecule has 0 radical (unpaired) electrons. The average Bonchev–Trinajstić information content (AvgIpc) is 1.55. The standard InChI is InChI=1S/C77H110O24/c1-18-73(14,33-20-22-43(4)69(86)94-54-31-35-75(16)53(38-54)26-27-55-56(75)32-36-76(17)57(55)39-58-62(76)47(8)77(99-58)37-30-42(3)40-89-77)100-71-68(97-61(85)29-25-46(7)79)65(96-60(84)28-24-45(6)78)63(48(9)90-71)98-70(87)44(5)23-21-34-74(15,19-2)101-72-67(93-52(13)83)66(92-51(12)82)64(91-50(11)81)59(95-72)41-88-49(10)80/h18-19,22-23,26,42,47-48,54-59,62-68,71-72H,1-2,20-21,24-25,27-41H2,3-17H3/b43-22+,44-23+/t42?,47-,48+,54-,55+,56-,57-,58-,59+,62-,63+,64+,65-,66-,67+,68+,71-,72-,73-,74-,75-,76-,77+/m0/s1. The molecule has 4 aliphatic heterocycles. The van der Waals surface area contributed by atoms with Crippen molar-refractivity contribution in [2.75, 3.05) is 13.2 Å². The van der Waals surface area contributed by atoms with Crippen molar-refractivity contribution >= 4 is 59.3 Å².